The van der Waals surface area contributed by atoms with Crippen molar-refractivity contribution >= 4 is 16.9 Å². The summed E-state index contributed by atoms with van der Waals surface area (Å²) >= 11 is 0. The summed E-state index contributed by atoms with van der Waals surface area (Å²) in [4.78, 5) is 17.0. The molecule has 2 heterocycles. The maximum absolute atomic E-state index is 12.4. The van der Waals surface area contributed by atoms with Gasteiger partial charge in [-0.25, -0.2) is 0 Å². The van der Waals surface area contributed by atoms with Gasteiger partial charge >= 0.3 is 0 Å². The molecule has 1 saturated carbocycles. The number of hydrogen-bond donors (Lipinski definition) is 1. The molecule has 1 radical (unpaired) electrons. The average molecular weight is 726 g/mol. The van der Waals surface area contributed by atoms with Crippen LogP contribution in [0.1, 0.15) is 122 Å². The van der Waals surface area contributed by atoms with Gasteiger partial charge in [0.2, 0.25) is 0 Å². The molecule has 0 atom stereocenters. The topological polar surface area (TPSA) is 61.6 Å². The van der Waals surface area contributed by atoms with Crippen molar-refractivity contribution in [2.45, 2.75) is 112 Å². The number of piperidine rings is 1. The maximum atomic E-state index is 12.4. The van der Waals surface area contributed by atoms with Gasteiger partial charge in [-0.1, -0.05) is 90.9 Å². The van der Waals surface area contributed by atoms with Gasteiger partial charge in [0.25, 0.3) is 5.91 Å². The first-order valence-corrected chi connectivity index (χ1v) is 18.3. The van der Waals surface area contributed by atoms with Crippen LogP contribution in [0.3, 0.4) is 0 Å². The van der Waals surface area contributed by atoms with Gasteiger partial charge in [-0.2, -0.15) is 0 Å². The van der Waals surface area contributed by atoms with Gasteiger partial charge in [-0.15, -0.1) is 13.1 Å². The van der Waals surface area contributed by atoms with Crippen LogP contribution in [0.4, 0.5) is 0 Å². The predicted molar refractivity (Wildman–Crippen MR) is 200 cm³/mol. The smallest absolute Gasteiger partial charge is 0.251 e. The zero-order chi connectivity index (χ0) is 34.7. The monoisotopic (exact) mass is 725 g/mol. The third-order valence-electron chi connectivity index (χ3n) is 8.21. The van der Waals surface area contributed by atoms with E-state index in [-0.39, 0.29) is 38.6 Å². The molecule has 1 aromatic heterocycles. The second kappa shape index (κ2) is 30.5. The Bertz CT molecular complexity index is 1100. The number of likely N-dealkylation sites (tertiary alicyclic amines) is 1. The van der Waals surface area contributed by atoms with Crippen molar-refractivity contribution in [2.24, 2.45) is 5.92 Å². The summed E-state index contributed by atoms with van der Waals surface area (Å²) in [6, 6.07) is 18.1. The second-order valence-electron chi connectivity index (χ2n) is 10.8. The van der Waals surface area contributed by atoms with Crippen LogP contribution >= 0.6 is 0 Å². The Morgan fingerprint density at radius 2 is 1.36 bits per heavy atom. The van der Waals surface area contributed by atoms with Crippen LogP contribution in [0, 0.1) is 19.8 Å². The molecular weight excluding hydrogens is 657 g/mol. The molecule has 2 fully saturated rings. The normalized spacial score (nSPS) is 17.3. The molecule has 0 bridgehead atoms. The summed E-state index contributed by atoms with van der Waals surface area (Å²) in [7, 11) is 1.99. The molecule has 2 aromatic carbocycles. The van der Waals surface area contributed by atoms with Crippen molar-refractivity contribution in [3.05, 3.63) is 79.7 Å². The van der Waals surface area contributed by atoms with Crippen molar-refractivity contribution in [3.63, 3.8) is 0 Å². The van der Waals surface area contributed by atoms with Crippen LogP contribution in [0.2, 0.25) is 0 Å². The first kappa shape index (κ1) is 47.5. The van der Waals surface area contributed by atoms with Crippen molar-refractivity contribution in [1.29, 1.82) is 0 Å². The summed E-state index contributed by atoms with van der Waals surface area (Å²) in [6.07, 6.45) is 8.25. The molecule has 1 aliphatic heterocycles. The number of hydrogen-bond acceptors (Lipinski definition) is 5. The van der Waals surface area contributed by atoms with Gasteiger partial charge in [0.15, 0.2) is 5.58 Å². The third-order valence-corrected chi connectivity index (χ3v) is 8.21. The summed E-state index contributed by atoms with van der Waals surface area (Å²) in [5, 5.41) is 8.80. The number of benzene rings is 2. The molecule has 2 aliphatic rings. The third kappa shape index (κ3) is 17.6. The Kier molecular flexibility index (Phi) is 30.8. The Hall–Kier alpha value is -1.60. The fourth-order valence-electron chi connectivity index (χ4n) is 5.56. The maximum Gasteiger partial charge on any atom is 0.251 e. The van der Waals surface area contributed by atoms with Gasteiger partial charge in [0.1, 0.15) is 0 Å². The van der Waals surface area contributed by atoms with E-state index in [1.54, 1.807) is 0 Å². The van der Waals surface area contributed by atoms with E-state index in [0.29, 0.717) is 12.0 Å². The first-order chi connectivity index (χ1) is 22.6. The second-order valence-corrected chi connectivity index (χ2v) is 10.8. The van der Waals surface area contributed by atoms with E-state index >= 15 is 0 Å². The molecule has 3 aromatic rings. The standard InChI is InChI=1S/C27H33N3O2.C5H11N.4C2H6.Y/c31-27(22-6-2-1-3-7-22)28-23-12-10-20(11-13-23)14-17-30-18-15-21(16-19-30)26-24-8-4-5-9-25(24)32-29-26;1-4-6(3)5-2;4*1-2;/h1-9,20-21,23H,10-19H2,(H,28,31);1-2,4-5H2,3H3;4*1-2H3;/q;-2;;;;;. The number of amides is 1. The molecule has 47 heavy (non-hydrogen) atoms. The zero-order valence-electron chi connectivity index (χ0n) is 31.6. The van der Waals surface area contributed by atoms with Crippen LogP contribution in [0.25, 0.3) is 11.0 Å². The summed E-state index contributed by atoms with van der Waals surface area (Å²) < 4.78 is 5.52. The quantitative estimate of drug-likeness (QED) is 0.234. The largest absolute Gasteiger partial charge is 0.365 e. The minimum Gasteiger partial charge on any atom is -0.365 e. The molecule has 0 unspecified atom stereocenters. The van der Waals surface area contributed by atoms with E-state index in [1.807, 2.05) is 110 Å². The molecule has 5 rings (SSSR count). The Balaban J connectivity index is 0. The minimum atomic E-state index is 0. The number of carbonyl (C=O) groups excluding carboxylic acids is 1. The van der Waals surface area contributed by atoms with Gasteiger partial charge in [-0.3, -0.25) is 4.79 Å². The molecule has 265 valence electrons. The molecule has 6 nitrogen and oxygen atoms in total. The molecule has 0 spiro atoms. The molecular formula is C40H68N4O2Y-2. The Labute approximate surface area is 315 Å². The summed E-state index contributed by atoms with van der Waals surface area (Å²) in [6.45, 7) is 28.5. The number of fused-ring (bicyclic) bond motifs is 1. The van der Waals surface area contributed by atoms with E-state index < -0.39 is 0 Å². The summed E-state index contributed by atoms with van der Waals surface area (Å²) in [5.41, 5.74) is 2.81. The number of nitrogens with zero attached hydrogens (tertiary/aromatic N) is 3. The fraction of sp³-hybridized carbons (Fsp3) is 0.600. The first-order valence-electron chi connectivity index (χ1n) is 18.3. The van der Waals surface area contributed by atoms with Crippen molar-refractivity contribution in [3.8, 4) is 0 Å². The van der Waals surface area contributed by atoms with E-state index in [0.717, 1.165) is 74.6 Å². The minimum absolute atomic E-state index is 0. The number of nitrogens with one attached hydrogen (secondary N) is 1. The van der Waals surface area contributed by atoms with E-state index in [2.05, 4.69) is 41.4 Å². The fourth-order valence-corrected chi connectivity index (χ4v) is 5.56. The van der Waals surface area contributed by atoms with E-state index in [4.69, 9.17) is 4.52 Å². The number of carbonyl (C=O) groups is 1. The molecule has 1 amide bonds. The van der Waals surface area contributed by atoms with Crippen LogP contribution in [0.15, 0.2) is 59.1 Å². The SMILES string of the molecule is CC.CC.CC.CC.O=C(NC1CCC(CCN2CCC(c3noc4ccccc34)CC2)CC1)c1ccccc1.[CH2-]CN(C)C[CH2-].[Y]. The molecule has 1 aliphatic carbocycles. The number of aromatic nitrogens is 1. The van der Waals surface area contributed by atoms with E-state index in [9.17, 15) is 4.79 Å². The van der Waals surface area contributed by atoms with Crippen LogP contribution in [-0.4, -0.2) is 66.7 Å². The van der Waals surface area contributed by atoms with Crippen LogP contribution < -0.4 is 5.32 Å². The Morgan fingerprint density at radius 3 is 1.89 bits per heavy atom. The van der Waals surface area contributed by atoms with Gasteiger partial charge in [0, 0.05) is 55.6 Å². The number of rotatable bonds is 8. The van der Waals surface area contributed by atoms with Crippen molar-refractivity contribution in [2.75, 3.05) is 39.8 Å². The average Bonchev–Trinajstić information content (AvgIpc) is 3.59. The Morgan fingerprint density at radius 1 is 0.830 bits per heavy atom. The van der Waals surface area contributed by atoms with Crippen molar-refractivity contribution < 1.29 is 42.0 Å². The predicted octanol–water partition coefficient (Wildman–Crippen LogP) is 10.1. The molecule has 1 N–H and O–H groups in total. The van der Waals surface area contributed by atoms with Gasteiger partial charge < -0.3 is 33.5 Å². The zero-order valence-corrected chi connectivity index (χ0v) is 34.4. The van der Waals surface area contributed by atoms with Crippen LogP contribution in [0.5, 0.6) is 0 Å². The van der Waals surface area contributed by atoms with Gasteiger partial charge in [0.05, 0.1) is 5.69 Å². The summed E-state index contributed by atoms with van der Waals surface area (Å²) in [5.74, 6) is 1.37. The molecule has 7 heteroatoms. The van der Waals surface area contributed by atoms with Crippen molar-refractivity contribution in [1.82, 2.24) is 20.3 Å². The van der Waals surface area contributed by atoms with Gasteiger partial charge in [-0.05, 0) is 102 Å². The molecule has 1 saturated heterocycles. The van der Waals surface area contributed by atoms with E-state index in [1.165, 1.54) is 31.2 Å². The number of para-hydroxylation sites is 1. The van der Waals surface area contributed by atoms with Crippen LogP contribution in [-0.2, 0) is 32.7 Å².